The van der Waals surface area contributed by atoms with E-state index >= 15 is 0 Å². The lowest BCUT2D eigenvalue weighted by Gasteiger charge is -2.24. The number of halogens is 1. The Morgan fingerprint density at radius 3 is 2.78 bits per heavy atom. The molecule has 0 bridgehead atoms. The highest BCUT2D eigenvalue weighted by Gasteiger charge is 2.32. The molecular weight excluding hydrogens is 356 g/mol. The Morgan fingerprint density at radius 2 is 2.09 bits per heavy atom. The van der Waals surface area contributed by atoms with Crippen LogP contribution in [0.2, 0.25) is 0 Å². The molecule has 2 aromatic heterocycles. The van der Waals surface area contributed by atoms with Crippen LogP contribution < -0.4 is 4.90 Å². The van der Waals surface area contributed by atoms with Crippen LogP contribution in [0.25, 0.3) is 5.65 Å². The minimum atomic E-state index is 0.484. The fourth-order valence-corrected chi connectivity index (χ4v) is 3.16. The van der Waals surface area contributed by atoms with Crippen LogP contribution in [-0.4, -0.2) is 26.7 Å². The van der Waals surface area contributed by atoms with Crippen LogP contribution in [0, 0.1) is 0 Å². The van der Waals surface area contributed by atoms with Gasteiger partial charge in [-0.05, 0) is 34.3 Å². The normalized spacial score (nSPS) is 14.1. The Kier molecular flexibility index (Phi) is 3.61. The number of imidazole rings is 1. The van der Waals surface area contributed by atoms with Gasteiger partial charge in [-0.15, -0.1) is 0 Å². The van der Waals surface area contributed by atoms with E-state index in [0.717, 1.165) is 37.1 Å². The summed E-state index contributed by atoms with van der Waals surface area (Å²) in [4.78, 5) is 22.5. The van der Waals surface area contributed by atoms with E-state index in [1.807, 2.05) is 18.2 Å². The monoisotopic (exact) mass is 370 g/mol. The molecule has 4 rings (SSSR count). The summed E-state index contributed by atoms with van der Waals surface area (Å²) in [5.41, 5.74) is 2.49. The topological polar surface area (TPSA) is 50.5 Å². The molecule has 2 heterocycles. The molecule has 1 aliphatic carbocycles. The zero-order valence-electron chi connectivity index (χ0n) is 12.4. The van der Waals surface area contributed by atoms with E-state index in [1.165, 1.54) is 5.56 Å². The van der Waals surface area contributed by atoms with Crippen molar-refractivity contribution in [1.82, 2.24) is 14.4 Å². The minimum absolute atomic E-state index is 0.484. The number of carbonyl (C=O) groups is 1. The molecule has 0 atom stereocenters. The zero-order chi connectivity index (χ0) is 15.8. The minimum Gasteiger partial charge on any atom is -0.346 e. The summed E-state index contributed by atoms with van der Waals surface area (Å²) in [6.45, 7) is 0.786. The highest BCUT2D eigenvalue weighted by atomic mass is 79.9. The van der Waals surface area contributed by atoms with Crippen molar-refractivity contribution in [1.29, 1.82) is 0 Å². The first-order valence-electron chi connectivity index (χ1n) is 7.55. The predicted octanol–water partition coefficient (Wildman–Crippen LogP) is 3.47. The Labute approximate surface area is 142 Å². The second-order valence-corrected chi connectivity index (χ2v) is 6.54. The van der Waals surface area contributed by atoms with Crippen LogP contribution in [-0.2, 0) is 6.54 Å². The van der Waals surface area contributed by atoms with E-state index in [1.54, 1.807) is 16.8 Å². The van der Waals surface area contributed by atoms with Gasteiger partial charge in [0.05, 0.1) is 6.20 Å². The maximum atomic E-state index is 11.2. The third-order valence-corrected chi connectivity index (χ3v) is 4.43. The zero-order valence-corrected chi connectivity index (χ0v) is 14.0. The molecule has 0 saturated heterocycles. The number of aromatic nitrogens is 3. The number of anilines is 1. The van der Waals surface area contributed by atoms with E-state index in [-0.39, 0.29) is 0 Å². The van der Waals surface area contributed by atoms with Crippen molar-refractivity contribution in [3.63, 3.8) is 0 Å². The predicted molar refractivity (Wildman–Crippen MR) is 91.7 cm³/mol. The third kappa shape index (κ3) is 2.74. The number of rotatable bonds is 5. The molecule has 1 aliphatic rings. The number of carbonyl (C=O) groups excluding carboxylic acids is 1. The van der Waals surface area contributed by atoms with Gasteiger partial charge < -0.3 is 4.90 Å². The second-order valence-electron chi connectivity index (χ2n) is 5.73. The Bertz CT molecular complexity index is 858. The molecule has 1 saturated carbocycles. The van der Waals surface area contributed by atoms with Crippen molar-refractivity contribution >= 4 is 33.7 Å². The summed E-state index contributed by atoms with van der Waals surface area (Å²) < 4.78 is 2.49. The second kappa shape index (κ2) is 5.77. The highest BCUT2D eigenvalue weighted by Crippen LogP contribution is 2.34. The van der Waals surface area contributed by atoms with Gasteiger partial charge in [0.25, 0.3) is 0 Å². The largest absolute Gasteiger partial charge is 0.346 e. The lowest BCUT2D eigenvalue weighted by Crippen LogP contribution is -2.27. The SMILES string of the molecule is O=Cc1cnc2c(N(Cc3ccccc3)C3CC3)nc(Br)cn12. The molecule has 0 amide bonds. The quantitative estimate of drug-likeness (QED) is 0.645. The molecule has 1 aromatic carbocycles. The standard InChI is InChI=1S/C17H15BrN4O/c18-15-10-22-14(11-23)8-19-16(22)17(20-15)21(13-6-7-13)9-12-4-2-1-3-5-12/h1-5,8,10-11,13H,6-7,9H2. The Balaban J connectivity index is 1.81. The van der Waals surface area contributed by atoms with Gasteiger partial charge in [0, 0.05) is 18.8 Å². The van der Waals surface area contributed by atoms with Gasteiger partial charge in [0.2, 0.25) is 0 Å². The maximum absolute atomic E-state index is 11.2. The molecule has 6 heteroatoms. The summed E-state index contributed by atoms with van der Waals surface area (Å²) >= 11 is 3.45. The van der Waals surface area contributed by atoms with Crippen LogP contribution in [0.5, 0.6) is 0 Å². The lowest BCUT2D eigenvalue weighted by molar-refractivity contribution is 0.111. The summed E-state index contributed by atoms with van der Waals surface area (Å²) in [6.07, 6.45) is 6.51. The average Bonchev–Trinajstić information content (AvgIpc) is 3.33. The number of nitrogens with zero attached hydrogens (tertiary/aromatic N) is 4. The first kappa shape index (κ1) is 14.4. The third-order valence-electron chi connectivity index (χ3n) is 4.05. The van der Waals surface area contributed by atoms with Gasteiger partial charge >= 0.3 is 0 Å². The van der Waals surface area contributed by atoms with Crippen molar-refractivity contribution in [2.24, 2.45) is 0 Å². The van der Waals surface area contributed by atoms with Crippen LogP contribution >= 0.6 is 15.9 Å². The van der Waals surface area contributed by atoms with Gasteiger partial charge in [-0.3, -0.25) is 9.20 Å². The van der Waals surface area contributed by atoms with Crippen LogP contribution in [0.15, 0.2) is 47.3 Å². The summed E-state index contributed by atoms with van der Waals surface area (Å²) in [5, 5.41) is 0. The Morgan fingerprint density at radius 1 is 1.30 bits per heavy atom. The number of hydrogen-bond acceptors (Lipinski definition) is 4. The summed E-state index contributed by atoms with van der Waals surface area (Å²) in [6, 6.07) is 10.8. The van der Waals surface area contributed by atoms with E-state index < -0.39 is 0 Å². The molecule has 1 fully saturated rings. The maximum Gasteiger partial charge on any atom is 0.180 e. The molecule has 0 spiro atoms. The smallest absolute Gasteiger partial charge is 0.180 e. The summed E-state index contributed by atoms with van der Waals surface area (Å²) in [5.74, 6) is 0.818. The van der Waals surface area contributed by atoms with Crippen molar-refractivity contribution in [2.45, 2.75) is 25.4 Å². The van der Waals surface area contributed by atoms with Gasteiger partial charge in [-0.2, -0.15) is 0 Å². The molecule has 0 unspecified atom stereocenters. The van der Waals surface area contributed by atoms with E-state index in [0.29, 0.717) is 16.3 Å². The van der Waals surface area contributed by atoms with E-state index in [2.05, 4.69) is 42.9 Å². The average molecular weight is 371 g/mol. The fraction of sp³-hybridized carbons (Fsp3) is 0.235. The number of benzene rings is 1. The van der Waals surface area contributed by atoms with Gasteiger partial charge in [-0.1, -0.05) is 30.3 Å². The van der Waals surface area contributed by atoms with Crippen LogP contribution in [0.4, 0.5) is 5.82 Å². The number of fused-ring (bicyclic) bond motifs is 1. The van der Waals surface area contributed by atoms with Crippen molar-refractivity contribution < 1.29 is 4.79 Å². The number of hydrogen-bond donors (Lipinski definition) is 0. The lowest BCUT2D eigenvalue weighted by atomic mass is 10.2. The summed E-state index contributed by atoms with van der Waals surface area (Å²) in [7, 11) is 0. The molecule has 0 N–H and O–H groups in total. The van der Waals surface area contributed by atoms with E-state index in [4.69, 9.17) is 0 Å². The molecule has 5 nitrogen and oxygen atoms in total. The van der Waals surface area contributed by atoms with E-state index in [9.17, 15) is 4.79 Å². The molecule has 23 heavy (non-hydrogen) atoms. The molecular formula is C17H15BrN4O. The van der Waals surface area contributed by atoms with Gasteiger partial charge in [0.15, 0.2) is 17.8 Å². The van der Waals surface area contributed by atoms with Crippen molar-refractivity contribution in [3.8, 4) is 0 Å². The fourth-order valence-electron chi connectivity index (χ4n) is 2.78. The molecule has 3 aromatic rings. The first-order valence-corrected chi connectivity index (χ1v) is 8.35. The molecule has 116 valence electrons. The Hall–Kier alpha value is -2.21. The number of aldehydes is 1. The van der Waals surface area contributed by atoms with Crippen LogP contribution in [0.3, 0.4) is 0 Å². The van der Waals surface area contributed by atoms with Gasteiger partial charge in [0.1, 0.15) is 10.3 Å². The molecule has 0 aliphatic heterocycles. The van der Waals surface area contributed by atoms with Gasteiger partial charge in [-0.25, -0.2) is 9.97 Å². The molecule has 0 radical (unpaired) electrons. The van der Waals surface area contributed by atoms with Crippen LogP contribution in [0.1, 0.15) is 28.9 Å². The van der Waals surface area contributed by atoms with Crippen molar-refractivity contribution in [3.05, 3.63) is 58.6 Å². The first-order chi connectivity index (χ1) is 11.3. The highest BCUT2D eigenvalue weighted by molar-refractivity contribution is 9.10. The van der Waals surface area contributed by atoms with Crippen molar-refractivity contribution in [2.75, 3.05) is 4.90 Å².